The summed E-state index contributed by atoms with van der Waals surface area (Å²) in [5.41, 5.74) is 4.76. The highest BCUT2D eigenvalue weighted by molar-refractivity contribution is 5.93. The molecule has 0 amide bonds. The summed E-state index contributed by atoms with van der Waals surface area (Å²) in [4.78, 5) is 12.9. The first-order valence-electron chi connectivity index (χ1n) is 9.82. The first-order valence-corrected chi connectivity index (χ1v) is 9.82. The second-order valence-electron chi connectivity index (χ2n) is 7.20. The quantitative estimate of drug-likeness (QED) is 0.396. The molecule has 4 aromatic rings. The second kappa shape index (κ2) is 7.40. The molecule has 2 heteroatoms. The average Bonchev–Trinajstić information content (AvgIpc) is 2.73. The number of aromatic nitrogens is 1. The fourth-order valence-electron chi connectivity index (χ4n) is 4.09. The van der Waals surface area contributed by atoms with Gasteiger partial charge in [0.1, 0.15) is 0 Å². The molecule has 0 spiro atoms. The number of para-hydroxylation sites is 2. The molecule has 0 aliphatic heterocycles. The van der Waals surface area contributed by atoms with E-state index in [4.69, 9.17) is 0 Å². The highest BCUT2D eigenvalue weighted by atomic mass is 16.1. The third kappa shape index (κ3) is 3.16. The van der Waals surface area contributed by atoms with Gasteiger partial charge >= 0.3 is 0 Å². The second-order valence-corrected chi connectivity index (χ2v) is 7.20. The van der Waals surface area contributed by atoms with Crippen molar-refractivity contribution in [2.24, 2.45) is 0 Å². The Labute approximate surface area is 160 Å². The van der Waals surface area contributed by atoms with Crippen molar-refractivity contribution in [1.29, 1.82) is 0 Å². The lowest BCUT2D eigenvalue weighted by molar-refractivity contribution is 0.641. The Balaban J connectivity index is 1.84. The van der Waals surface area contributed by atoms with Crippen LogP contribution >= 0.6 is 0 Å². The summed E-state index contributed by atoms with van der Waals surface area (Å²) in [5.74, 6) is 0.633. The number of pyridine rings is 1. The highest BCUT2D eigenvalue weighted by Crippen LogP contribution is 2.24. The third-order valence-corrected chi connectivity index (χ3v) is 5.66. The summed E-state index contributed by atoms with van der Waals surface area (Å²) in [7, 11) is 0. The minimum atomic E-state index is 0.113. The van der Waals surface area contributed by atoms with E-state index < -0.39 is 0 Å². The number of benzene rings is 3. The first-order chi connectivity index (χ1) is 13.2. The van der Waals surface area contributed by atoms with Crippen LogP contribution in [0.4, 0.5) is 0 Å². The lowest BCUT2D eigenvalue weighted by Gasteiger charge is -2.17. The van der Waals surface area contributed by atoms with Crippen molar-refractivity contribution in [1.82, 2.24) is 4.57 Å². The smallest absolute Gasteiger partial charge is 0.197 e. The van der Waals surface area contributed by atoms with E-state index in [9.17, 15) is 4.79 Å². The number of hydrogen-bond acceptors (Lipinski definition) is 1. The minimum absolute atomic E-state index is 0.113. The van der Waals surface area contributed by atoms with E-state index in [2.05, 4.69) is 42.7 Å². The molecule has 2 nitrogen and oxygen atoms in total. The van der Waals surface area contributed by atoms with E-state index in [-0.39, 0.29) is 5.43 Å². The summed E-state index contributed by atoms with van der Waals surface area (Å²) in [6.07, 6.45) is 2.34. The fraction of sp³-hybridized carbons (Fsp3) is 0.240. The van der Waals surface area contributed by atoms with Crippen molar-refractivity contribution < 1.29 is 0 Å². The summed E-state index contributed by atoms with van der Waals surface area (Å²) in [5, 5.41) is 1.56. The van der Waals surface area contributed by atoms with Gasteiger partial charge in [0, 0.05) is 17.3 Å². The molecule has 27 heavy (non-hydrogen) atoms. The Morgan fingerprint density at radius 3 is 1.78 bits per heavy atom. The van der Waals surface area contributed by atoms with E-state index in [1.165, 1.54) is 24.0 Å². The van der Waals surface area contributed by atoms with Gasteiger partial charge in [0.2, 0.25) is 0 Å². The van der Waals surface area contributed by atoms with Crippen LogP contribution in [0.25, 0.3) is 21.8 Å². The van der Waals surface area contributed by atoms with Crippen LogP contribution in [-0.4, -0.2) is 4.57 Å². The third-order valence-electron chi connectivity index (χ3n) is 5.66. The van der Waals surface area contributed by atoms with Crippen LogP contribution in [0.5, 0.6) is 0 Å². The molecular formula is C25H25NO. The van der Waals surface area contributed by atoms with E-state index in [0.717, 1.165) is 28.4 Å². The summed E-state index contributed by atoms with van der Waals surface area (Å²) in [6, 6.07) is 24.8. The van der Waals surface area contributed by atoms with Crippen LogP contribution in [0.2, 0.25) is 0 Å². The van der Waals surface area contributed by atoms with Crippen molar-refractivity contribution >= 4 is 21.8 Å². The number of nitrogens with zero attached hydrogens (tertiary/aromatic N) is 1. The molecule has 136 valence electrons. The van der Waals surface area contributed by atoms with Gasteiger partial charge in [0.15, 0.2) is 5.43 Å². The van der Waals surface area contributed by atoms with Gasteiger partial charge in [-0.2, -0.15) is 0 Å². The van der Waals surface area contributed by atoms with Crippen LogP contribution in [0.1, 0.15) is 43.7 Å². The van der Waals surface area contributed by atoms with Gasteiger partial charge in [-0.3, -0.25) is 4.79 Å². The van der Waals surface area contributed by atoms with Gasteiger partial charge in [-0.1, -0.05) is 62.4 Å². The van der Waals surface area contributed by atoms with Crippen LogP contribution in [0, 0.1) is 0 Å². The molecule has 0 saturated carbocycles. The zero-order valence-corrected chi connectivity index (χ0v) is 16.0. The number of rotatable bonds is 5. The molecule has 0 saturated heterocycles. The Morgan fingerprint density at radius 2 is 1.26 bits per heavy atom. The average molecular weight is 355 g/mol. The Hall–Kier alpha value is -2.87. The van der Waals surface area contributed by atoms with Crippen molar-refractivity contribution in [3.8, 4) is 0 Å². The predicted octanol–water partition coefficient (Wildman–Crippen LogP) is 6.11. The van der Waals surface area contributed by atoms with E-state index in [1.807, 2.05) is 48.5 Å². The SMILES string of the molecule is CCC(CC)c1ccc(Cn2c3ccccc3c(=O)c3ccccc32)cc1. The molecule has 1 aromatic heterocycles. The lowest BCUT2D eigenvalue weighted by atomic mass is 9.93. The zero-order chi connectivity index (χ0) is 18.8. The normalized spacial score (nSPS) is 11.5. The maximum Gasteiger partial charge on any atom is 0.197 e. The van der Waals surface area contributed by atoms with Crippen LogP contribution in [-0.2, 0) is 6.54 Å². The van der Waals surface area contributed by atoms with Gasteiger partial charge in [-0.05, 0) is 54.2 Å². The van der Waals surface area contributed by atoms with Gasteiger partial charge < -0.3 is 4.57 Å². The fourth-order valence-corrected chi connectivity index (χ4v) is 4.09. The monoisotopic (exact) mass is 355 g/mol. The summed E-state index contributed by atoms with van der Waals surface area (Å²) >= 11 is 0. The van der Waals surface area contributed by atoms with E-state index in [1.54, 1.807) is 0 Å². The molecule has 0 N–H and O–H groups in total. The number of hydrogen-bond donors (Lipinski definition) is 0. The molecule has 3 aromatic carbocycles. The molecule has 1 heterocycles. The largest absolute Gasteiger partial charge is 0.336 e. The van der Waals surface area contributed by atoms with Crippen molar-refractivity contribution in [2.45, 2.75) is 39.2 Å². The van der Waals surface area contributed by atoms with E-state index >= 15 is 0 Å². The maximum absolute atomic E-state index is 12.9. The zero-order valence-electron chi connectivity index (χ0n) is 16.0. The molecule has 0 unspecified atom stereocenters. The van der Waals surface area contributed by atoms with Gasteiger partial charge in [0.05, 0.1) is 11.0 Å². The Kier molecular flexibility index (Phi) is 4.81. The lowest BCUT2D eigenvalue weighted by Crippen LogP contribution is -2.12. The molecular weight excluding hydrogens is 330 g/mol. The molecule has 0 atom stereocenters. The van der Waals surface area contributed by atoms with E-state index in [0.29, 0.717) is 5.92 Å². The van der Waals surface area contributed by atoms with Crippen LogP contribution < -0.4 is 5.43 Å². The van der Waals surface area contributed by atoms with Crippen molar-refractivity contribution in [2.75, 3.05) is 0 Å². The minimum Gasteiger partial charge on any atom is -0.336 e. The molecule has 0 bridgehead atoms. The van der Waals surface area contributed by atoms with Crippen LogP contribution in [0.3, 0.4) is 0 Å². The van der Waals surface area contributed by atoms with Gasteiger partial charge in [-0.25, -0.2) is 0 Å². The molecule has 0 radical (unpaired) electrons. The van der Waals surface area contributed by atoms with Gasteiger partial charge in [-0.15, -0.1) is 0 Å². The van der Waals surface area contributed by atoms with Gasteiger partial charge in [0.25, 0.3) is 0 Å². The molecule has 4 rings (SSSR count). The molecule has 0 aliphatic carbocycles. The van der Waals surface area contributed by atoms with Crippen molar-refractivity contribution in [3.63, 3.8) is 0 Å². The predicted molar refractivity (Wildman–Crippen MR) is 115 cm³/mol. The van der Waals surface area contributed by atoms with Crippen LogP contribution in [0.15, 0.2) is 77.6 Å². The molecule has 0 aliphatic rings. The van der Waals surface area contributed by atoms with Crippen molar-refractivity contribution in [3.05, 3.63) is 94.1 Å². The maximum atomic E-state index is 12.9. The molecule has 0 fully saturated rings. The summed E-state index contributed by atoms with van der Waals surface area (Å²) in [6.45, 7) is 5.26. The Morgan fingerprint density at radius 1 is 0.741 bits per heavy atom. The topological polar surface area (TPSA) is 22.0 Å². The standard InChI is InChI=1S/C25H25NO/c1-3-19(4-2)20-15-13-18(14-16-20)17-26-23-11-7-5-9-21(23)25(27)22-10-6-8-12-24(22)26/h5-16,19H,3-4,17H2,1-2H3. The number of fused-ring (bicyclic) bond motifs is 2. The Bertz CT molecular complexity index is 1070. The highest BCUT2D eigenvalue weighted by Gasteiger charge is 2.11. The first kappa shape index (κ1) is 17.5. The summed E-state index contributed by atoms with van der Waals surface area (Å²) < 4.78 is 2.26.